The molecule has 11 nitrogen and oxygen atoms in total. The van der Waals surface area contributed by atoms with Crippen LogP contribution in [0.25, 0.3) is 0 Å². The average molecular weight is 669 g/mol. The summed E-state index contributed by atoms with van der Waals surface area (Å²) >= 11 is 0. The zero-order valence-electron chi connectivity index (χ0n) is 28.8. The molecule has 1 aliphatic rings. The summed E-state index contributed by atoms with van der Waals surface area (Å²) in [5, 5.41) is 9.47. The van der Waals surface area contributed by atoms with E-state index in [-0.39, 0.29) is 25.9 Å². The summed E-state index contributed by atoms with van der Waals surface area (Å²) in [7, 11) is 4.25. The van der Waals surface area contributed by atoms with E-state index in [9.17, 15) is 19.5 Å². The van der Waals surface area contributed by atoms with Crippen LogP contribution >= 0.6 is 0 Å². The third kappa shape index (κ3) is 10.2. The normalized spacial score (nSPS) is 21.9. The van der Waals surface area contributed by atoms with E-state index in [1.165, 1.54) is 26.4 Å². The first kappa shape index (κ1) is 38.4. The molecule has 262 valence electrons. The molecule has 0 spiro atoms. The quantitative estimate of drug-likeness (QED) is 0.162. The minimum Gasteiger partial charge on any atom is -0.497 e. The Morgan fingerprint density at radius 1 is 1.00 bits per heavy atom. The molecule has 2 aromatic carbocycles. The highest BCUT2D eigenvalue weighted by Gasteiger charge is 2.59. The first-order valence-electron chi connectivity index (χ1n) is 15.9. The lowest BCUT2D eigenvalue weighted by atomic mass is 9.74. The predicted molar refractivity (Wildman–Crippen MR) is 177 cm³/mol. The van der Waals surface area contributed by atoms with Crippen LogP contribution in [0.2, 0.25) is 0 Å². The monoisotopic (exact) mass is 668 g/mol. The van der Waals surface area contributed by atoms with Gasteiger partial charge < -0.3 is 38.3 Å². The molecule has 1 saturated heterocycles. The molecular formula is C37H48O11. The fourth-order valence-corrected chi connectivity index (χ4v) is 5.60. The van der Waals surface area contributed by atoms with Gasteiger partial charge in [-0.25, -0.2) is 9.59 Å². The fraction of sp³-hybridized carbons (Fsp3) is 0.486. The largest absolute Gasteiger partial charge is 0.497 e. The van der Waals surface area contributed by atoms with Crippen molar-refractivity contribution < 1.29 is 52.6 Å². The van der Waals surface area contributed by atoms with Crippen molar-refractivity contribution in [2.75, 3.05) is 21.3 Å². The van der Waals surface area contributed by atoms with Gasteiger partial charge in [-0.1, -0.05) is 69.3 Å². The van der Waals surface area contributed by atoms with Gasteiger partial charge in [0.15, 0.2) is 6.10 Å². The molecule has 0 amide bonds. The molecular weight excluding hydrogens is 620 g/mol. The van der Waals surface area contributed by atoms with Gasteiger partial charge in [-0.15, -0.1) is 0 Å². The molecule has 1 fully saturated rings. The summed E-state index contributed by atoms with van der Waals surface area (Å²) in [5.74, 6) is -3.41. The van der Waals surface area contributed by atoms with Crippen molar-refractivity contribution in [2.45, 2.75) is 90.4 Å². The Labute approximate surface area is 282 Å². The summed E-state index contributed by atoms with van der Waals surface area (Å²) in [6.45, 7) is 7.61. The number of carboxylic acid groups (broad SMARTS) is 1. The van der Waals surface area contributed by atoms with Gasteiger partial charge in [-0.3, -0.25) is 4.79 Å². The second-order valence-electron chi connectivity index (χ2n) is 12.1. The van der Waals surface area contributed by atoms with Crippen LogP contribution in [0.1, 0.15) is 58.1 Å². The third-order valence-corrected chi connectivity index (χ3v) is 8.37. The molecule has 3 rings (SSSR count). The van der Waals surface area contributed by atoms with Gasteiger partial charge in [-0.05, 0) is 42.2 Å². The van der Waals surface area contributed by atoms with E-state index < -0.39 is 53.5 Å². The van der Waals surface area contributed by atoms with Crippen LogP contribution in [0, 0.1) is 5.41 Å². The fourth-order valence-electron chi connectivity index (χ4n) is 5.60. The van der Waals surface area contributed by atoms with Crippen LogP contribution in [-0.2, 0) is 56.0 Å². The Kier molecular flexibility index (Phi) is 14.4. The summed E-state index contributed by atoms with van der Waals surface area (Å²) in [5.41, 5.74) is 1.12. The Hall–Kier alpha value is -4.03. The highest BCUT2D eigenvalue weighted by Crippen LogP contribution is 2.48. The Morgan fingerprint density at radius 3 is 2.23 bits per heavy atom. The van der Waals surface area contributed by atoms with E-state index in [1.807, 2.05) is 61.5 Å². The van der Waals surface area contributed by atoms with Crippen LogP contribution in [-0.4, -0.2) is 74.5 Å². The van der Waals surface area contributed by atoms with Crippen LogP contribution in [0.15, 0.2) is 78.4 Å². The van der Waals surface area contributed by atoms with E-state index in [2.05, 4.69) is 0 Å². The van der Waals surface area contributed by atoms with Crippen molar-refractivity contribution in [1.29, 1.82) is 0 Å². The lowest BCUT2D eigenvalue weighted by molar-refractivity contribution is -0.339. The Morgan fingerprint density at radius 2 is 1.65 bits per heavy atom. The van der Waals surface area contributed by atoms with Gasteiger partial charge in [-0.2, -0.15) is 0 Å². The van der Waals surface area contributed by atoms with Crippen LogP contribution in [0.3, 0.4) is 0 Å². The van der Waals surface area contributed by atoms with E-state index in [0.717, 1.165) is 23.0 Å². The second kappa shape index (κ2) is 17.9. The lowest BCUT2D eigenvalue weighted by Gasteiger charge is -2.53. The number of hydrogen-bond donors (Lipinski definition) is 1. The minimum atomic E-state index is -1.75. The predicted octanol–water partition coefficient (Wildman–Crippen LogP) is 5.80. The second-order valence-corrected chi connectivity index (χ2v) is 12.1. The zero-order valence-corrected chi connectivity index (χ0v) is 28.8. The third-order valence-electron chi connectivity index (χ3n) is 8.37. The Bertz CT molecular complexity index is 1400. The van der Waals surface area contributed by atoms with Crippen LogP contribution < -0.4 is 4.74 Å². The number of hydrogen-bond acceptors (Lipinski definition) is 10. The van der Waals surface area contributed by atoms with Gasteiger partial charge in [0.25, 0.3) is 0 Å². The number of carboxylic acids is 1. The summed E-state index contributed by atoms with van der Waals surface area (Å²) in [6.07, 6.45) is 1.39. The maximum absolute atomic E-state index is 12.7. The van der Waals surface area contributed by atoms with Crippen molar-refractivity contribution in [3.63, 3.8) is 0 Å². The van der Waals surface area contributed by atoms with Gasteiger partial charge in [0.1, 0.15) is 5.75 Å². The van der Waals surface area contributed by atoms with Gasteiger partial charge in [0.05, 0.1) is 45.7 Å². The summed E-state index contributed by atoms with van der Waals surface area (Å²) in [6, 6.07) is 17.3. The number of carbonyl (C=O) groups excluding carboxylic acids is 2. The smallest absolute Gasteiger partial charge is 0.330 e. The molecule has 1 heterocycles. The number of carbonyl (C=O) groups is 3. The maximum Gasteiger partial charge on any atom is 0.330 e. The van der Waals surface area contributed by atoms with Crippen LogP contribution in [0.5, 0.6) is 5.75 Å². The Balaban J connectivity index is 2.03. The van der Waals surface area contributed by atoms with Crippen molar-refractivity contribution in [3.05, 3.63) is 89.5 Å². The molecule has 0 aromatic heterocycles. The van der Waals surface area contributed by atoms with Crippen molar-refractivity contribution >= 4 is 17.9 Å². The molecule has 2 aromatic rings. The molecule has 1 N–H and O–H groups in total. The van der Waals surface area contributed by atoms with E-state index in [0.29, 0.717) is 12.2 Å². The zero-order chi connectivity index (χ0) is 35.3. The van der Waals surface area contributed by atoms with E-state index >= 15 is 0 Å². The first-order valence-corrected chi connectivity index (χ1v) is 15.9. The van der Waals surface area contributed by atoms with Gasteiger partial charge in [0, 0.05) is 37.5 Å². The number of esters is 2. The highest BCUT2D eigenvalue weighted by molar-refractivity contribution is 5.83. The van der Waals surface area contributed by atoms with Gasteiger partial charge >= 0.3 is 17.9 Å². The molecule has 11 heteroatoms. The SMILES string of the molecule is CCC(=O)O[C@H]1C(=CC(=O)OC)C[C@@H](C[C@@H](OCc2ccc(OC)cc2)[C@@H](C)OCc2ccccc2)O[C@@]1(OC)C(C)(C)C=CC(=O)O. The number of ether oxygens (including phenoxy) is 7. The molecule has 0 saturated carbocycles. The van der Waals surface area contributed by atoms with Crippen molar-refractivity contribution in [1.82, 2.24) is 0 Å². The first-order chi connectivity index (χ1) is 22.9. The summed E-state index contributed by atoms with van der Waals surface area (Å²) < 4.78 is 41.8. The maximum atomic E-state index is 12.7. The molecule has 0 aliphatic carbocycles. The van der Waals surface area contributed by atoms with Crippen LogP contribution in [0.4, 0.5) is 0 Å². The standard InChI is InChI=1S/C37H48O11/c1-8-33(40)47-35-28(21-34(41)43-6)20-30(48-37(35,44-7)36(3,4)19-18-32(38)39)22-31(25(2)45-23-26-12-10-9-11-13-26)46-24-27-14-16-29(42-5)17-15-27/h9-19,21,25,30-31,35H,8,20,22-24H2,1-7H3,(H,38,39)/t25-,30+,31-,35+,37-/m1/s1. The minimum absolute atomic E-state index is 0.0498. The molecule has 0 bridgehead atoms. The lowest BCUT2D eigenvalue weighted by Crippen LogP contribution is -2.63. The highest BCUT2D eigenvalue weighted by atomic mass is 16.7. The number of aliphatic carboxylic acids is 1. The molecule has 0 unspecified atom stereocenters. The molecule has 0 radical (unpaired) electrons. The van der Waals surface area contributed by atoms with E-state index in [4.69, 9.17) is 33.2 Å². The van der Waals surface area contributed by atoms with E-state index in [1.54, 1.807) is 27.9 Å². The van der Waals surface area contributed by atoms with Crippen molar-refractivity contribution in [3.8, 4) is 5.75 Å². The summed E-state index contributed by atoms with van der Waals surface area (Å²) in [4.78, 5) is 37.0. The number of benzene rings is 2. The molecule has 48 heavy (non-hydrogen) atoms. The number of methoxy groups -OCH3 is 3. The van der Waals surface area contributed by atoms with Crippen molar-refractivity contribution in [2.24, 2.45) is 5.41 Å². The topological polar surface area (TPSA) is 136 Å². The number of rotatable bonds is 17. The molecule has 1 aliphatic heterocycles. The van der Waals surface area contributed by atoms with Gasteiger partial charge in [0.2, 0.25) is 5.79 Å². The average Bonchev–Trinajstić information content (AvgIpc) is 3.09. The molecule has 5 atom stereocenters.